The van der Waals surface area contributed by atoms with E-state index in [1.165, 1.54) is 33.5 Å². The van der Waals surface area contributed by atoms with Gasteiger partial charge in [-0.15, -0.1) is 0 Å². The summed E-state index contributed by atoms with van der Waals surface area (Å²) >= 11 is 0. The van der Waals surface area contributed by atoms with Crippen LogP contribution in [0.2, 0.25) is 0 Å². The minimum atomic E-state index is -3.68. The molecular weight excluding hydrogens is 360 g/mol. The van der Waals surface area contributed by atoms with Gasteiger partial charge in [-0.1, -0.05) is 19.9 Å². The minimum absolute atomic E-state index is 0.0510. The first-order valence-corrected chi connectivity index (χ1v) is 9.96. The summed E-state index contributed by atoms with van der Waals surface area (Å²) in [6.45, 7) is 4.90. The highest BCUT2D eigenvalue weighted by Gasteiger charge is 2.30. The zero-order valence-corrected chi connectivity index (χ0v) is 15.7. The molecule has 0 aliphatic carbocycles. The molecule has 2 rings (SSSR count). The number of hydrogen-bond acceptors (Lipinski definition) is 5. The monoisotopic (exact) mass is 384 g/mol. The van der Waals surface area contributed by atoms with Gasteiger partial charge in [-0.2, -0.15) is 4.31 Å². The van der Waals surface area contributed by atoms with Gasteiger partial charge in [-0.05, 0) is 18.2 Å². The van der Waals surface area contributed by atoms with Gasteiger partial charge in [0.25, 0.3) is 5.91 Å². The molecule has 0 saturated carbocycles. The molecule has 0 aromatic heterocycles. The molecule has 1 aliphatic rings. The Morgan fingerprint density at radius 3 is 2.62 bits per heavy atom. The molecule has 1 atom stereocenters. The average molecular weight is 384 g/mol. The highest BCUT2D eigenvalue weighted by Crippen LogP contribution is 2.20. The second kappa shape index (κ2) is 8.61. The predicted octanol–water partition coefficient (Wildman–Crippen LogP) is 1.03. The maximum atomic E-state index is 12.8. The van der Waals surface area contributed by atoms with Crippen LogP contribution < -0.4 is 0 Å². The van der Waals surface area contributed by atoms with E-state index in [1.807, 2.05) is 0 Å². The number of carbonyl (C=O) groups is 2. The molecule has 1 unspecified atom stereocenters. The average Bonchev–Trinajstić information content (AvgIpc) is 2.62. The van der Waals surface area contributed by atoms with Crippen molar-refractivity contribution in [2.24, 2.45) is 0 Å². The summed E-state index contributed by atoms with van der Waals surface area (Å²) in [6.07, 6.45) is -0.219. The zero-order valence-electron chi connectivity index (χ0n) is 14.9. The van der Waals surface area contributed by atoms with Gasteiger partial charge in [0.15, 0.2) is 0 Å². The van der Waals surface area contributed by atoms with Gasteiger partial charge < -0.3 is 14.7 Å². The van der Waals surface area contributed by atoms with Crippen LogP contribution in [0.15, 0.2) is 29.2 Å². The van der Waals surface area contributed by atoms with Crippen LogP contribution in [0.4, 0.5) is 0 Å². The van der Waals surface area contributed by atoms with Crippen LogP contribution in [-0.4, -0.2) is 73.5 Å². The number of hydrogen-bond donors (Lipinski definition) is 1. The van der Waals surface area contributed by atoms with Crippen LogP contribution in [0, 0.1) is 0 Å². The topological polar surface area (TPSA) is 104 Å². The van der Waals surface area contributed by atoms with E-state index in [4.69, 9.17) is 9.84 Å². The largest absolute Gasteiger partial charge is 0.481 e. The maximum Gasteiger partial charge on any atom is 0.305 e. The first-order valence-electron chi connectivity index (χ1n) is 8.52. The van der Waals surface area contributed by atoms with Crippen LogP contribution in [0.1, 0.15) is 30.6 Å². The Hall–Kier alpha value is -1.97. The molecule has 1 amide bonds. The number of carboxylic acid groups (broad SMARTS) is 1. The minimum Gasteiger partial charge on any atom is -0.481 e. The van der Waals surface area contributed by atoms with Crippen molar-refractivity contribution in [3.8, 4) is 0 Å². The number of sulfonamides is 1. The summed E-state index contributed by atoms with van der Waals surface area (Å²) in [4.78, 5) is 25.4. The third kappa shape index (κ3) is 4.40. The third-order valence-corrected chi connectivity index (χ3v) is 6.37. The summed E-state index contributed by atoms with van der Waals surface area (Å²) < 4.78 is 31.9. The number of benzene rings is 1. The van der Waals surface area contributed by atoms with E-state index in [0.29, 0.717) is 19.7 Å². The van der Waals surface area contributed by atoms with Gasteiger partial charge in [0.1, 0.15) is 0 Å². The molecule has 1 heterocycles. The summed E-state index contributed by atoms with van der Waals surface area (Å²) in [5.41, 5.74) is 0.218. The molecule has 1 aromatic carbocycles. The van der Waals surface area contributed by atoms with E-state index in [2.05, 4.69) is 0 Å². The smallest absolute Gasteiger partial charge is 0.305 e. The number of carboxylic acids is 1. The number of carbonyl (C=O) groups excluding carboxylic acids is 1. The number of morpholine rings is 1. The van der Waals surface area contributed by atoms with Gasteiger partial charge in [0, 0.05) is 25.2 Å². The fraction of sp³-hybridized carbons (Fsp3) is 0.529. The Bertz CT molecular complexity index is 760. The number of amides is 1. The number of ether oxygens (including phenoxy) is 1. The van der Waals surface area contributed by atoms with E-state index in [9.17, 15) is 18.0 Å². The van der Waals surface area contributed by atoms with Gasteiger partial charge in [0.05, 0.1) is 30.6 Å². The van der Waals surface area contributed by atoms with Gasteiger partial charge in [-0.3, -0.25) is 9.59 Å². The summed E-state index contributed by atoms with van der Waals surface area (Å²) in [6, 6.07) is 5.30. The van der Waals surface area contributed by atoms with E-state index < -0.39 is 27.9 Å². The first kappa shape index (κ1) is 20.3. The number of rotatable bonds is 7. The molecule has 0 bridgehead atoms. The second-order valence-corrected chi connectivity index (χ2v) is 7.88. The molecule has 0 spiro atoms. The standard InChI is InChI=1S/C17H24N2O6S/c1-3-18(4-2)26(23,24)15-7-5-6-13(10-15)17(22)19-8-9-25-12-14(19)11-16(20)21/h5-7,10,14H,3-4,8-9,11-12H2,1-2H3,(H,20,21). The molecule has 1 saturated heterocycles. The molecule has 9 heteroatoms. The van der Waals surface area contributed by atoms with Crippen molar-refractivity contribution >= 4 is 21.9 Å². The van der Waals surface area contributed by atoms with Crippen molar-refractivity contribution in [1.82, 2.24) is 9.21 Å². The SMILES string of the molecule is CCN(CC)S(=O)(=O)c1cccc(C(=O)N2CCOCC2CC(=O)O)c1. The van der Waals surface area contributed by atoms with Crippen LogP contribution in [0.5, 0.6) is 0 Å². The van der Waals surface area contributed by atoms with Crippen molar-refractivity contribution in [2.45, 2.75) is 31.2 Å². The van der Waals surface area contributed by atoms with Crippen molar-refractivity contribution in [1.29, 1.82) is 0 Å². The van der Waals surface area contributed by atoms with Crippen molar-refractivity contribution in [2.75, 3.05) is 32.8 Å². The van der Waals surface area contributed by atoms with Crippen LogP contribution in [0.3, 0.4) is 0 Å². The van der Waals surface area contributed by atoms with E-state index in [1.54, 1.807) is 13.8 Å². The lowest BCUT2D eigenvalue weighted by Crippen LogP contribution is -2.49. The molecule has 1 aliphatic heterocycles. The lowest BCUT2D eigenvalue weighted by Gasteiger charge is -2.35. The Balaban J connectivity index is 2.31. The van der Waals surface area contributed by atoms with Crippen molar-refractivity contribution in [3.63, 3.8) is 0 Å². The molecular formula is C17H24N2O6S. The molecule has 26 heavy (non-hydrogen) atoms. The zero-order chi connectivity index (χ0) is 19.3. The van der Waals surface area contributed by atoms with Gasteiger partial charge >= 0.3 is 5.97 Å². The summed E-state index contributed by atoms with van der Waals surface area (Å²) in [5, 5.41) is 9.02. The van der Waals surface area contributed by atoms with Crippen molar-refractivity contribution in [3.05, 3.63) is 29.8 Å². The van der Waals surface area contributed by atoms with Crippen molar-refractivity contribution < 1.29 is 27.9 Å². The Kier molecular flexibility index (Phi) is 6.74. The molecule has 8 nitrogen and oxygen atoms in total. The summed E-state index contributed by atoms with van der Waals surface area (Å²) in [7, 11) is -3.68. The first-order chi connectivity index (χ1) is 12.3. The van der Waals surface area contributed by atoms with Crippen LogP contribution >= 0.6 is 0 Å². The van der Waals surface area contributed by atoms with E-state index in [-0.39, 0.29) is 30.0 Å². The molecule has 0 radical (unpaired) electrons. The summed E-state index contributed by atoms with van der Waals surface area (Å²) in [5.74, 6) is -1.41. The number of aliphatic carboxylic acids is 1. The van der Waals surface area contributed by atoms with E-state index >= 15 is 0 Å². The predicted molar refractivity (Wildman–Crippen MR) is 94.4 cm³/mol. The Labute approximate surface area is 153 Å². The fourth-order valence-electron chi connectivity index (χ4n) is 2.96. The maximum absolute atomic E-state index is 12.8. The fourth-order valence-corrected chi connectivity index (χ4v) is 4.47. The van der Waals surface area contributed by atoms with Gasteiger partial charge in [0.2, 0.25) is 10.0 Å². The van der Waals surface area contributed by atoms with Gasteiger partial charge in [-0.25, -0.2) is 8.42 Å². The quantitative estimate of drug-likeness (QED) is 0.753. The highest BCUT2D eigenvalue weighted by molar-refractivity contribution is 7.89. The lowest BCUT2D eigenvalue weighted by molar-refractivity contribution is -0.139. The van der Waals surface area contributed by atoms with E-state index in [0.717, 1.165) is 0 Å². The third-order valence-electron chi connectivity index (χ3n) is 4.32. The number of nitrogens with zero attached hydrogens (tertiary/aromatic N) is 2. The Morgan fingerprint density at radius 1 is 1.31 bits per heavy atom. The second-order valence-electron chi connectivity index (χ2n) is 5.94. The normalized spacial score (nSPS) is 18.1. The molecule has 1 aromatic rings. The van der Waals surface area contributed by atoms with Crippen LogP contribution in [0.25, 0.3) is 0 Å². The molecule has 1 N–H and O–H groups in total. The highest BCUT2D eigenvalue weighted by atomic mass is 32.2. The Morgan fingerprint density at radius 2 is 2.00 bits per heavy atom. The van der Waals surface area contributed by atoms with Crippen LogP contribution in [-0.2, 0) is 19.6 Å². The molecule has 1 fully saturated rings. The lowest BCUT2D eigenvalue weighted by atomic mass is 10.1. The molecule has 144 valence electrons.